The zero-order valence-electron chi connectivity index (χ0n) is 14.8. The molecular formula is C16H25NO6S2. The maximum absolute atomic E-state index is 13.1. The molecule has 0 spiro atoms. The van der Waals surface area contributed by atoms with Crippen LogP contribution in [-0.2, 0) is 19.9 Å². The molecule has 1 aromatic carbocycles. The van der Waals surface area contributed by atoms with Crippen molar-refractivity contribution in [1.29, 1.82) is 0 Å². The molecule has 0 radical (unpaired) electrons. The Morgan fingerprint density at radius 3 is 2.40 bits per heavy atom. The van der Waals surface area contributed by atoms with Gasteiger partial charge < -0.3 is 9.47 Å². The van der Waals surface area contributed by atoms with Crippen LogP contribution in [0.5, 0.6) is 11.5 Å². The van der Waals surface area contributed by atoms with Crippen molar-refractivity contribution in [2.24, 2.45) is 0 Å². The van der Waals surface area contributed by atoms with E-state index in [9.17, 15) is 16.8 Å². The Labute approximate surface area is 149 Å². The van der Waals surface area contributed by atoms with Gasteiger partial charge in [0.1, 0.15) is 0 Å². The molecule has 0 aromatic heterocycles. The summed E-state index contributed by atoms with van der Waals surface area (Å²) in [6, 6.07) is 3.89. The van der Waals surface area contributed by atoms with Gasteiger partial charge in [-0.1, -0.05) is 13.3 Å². The molecule has 1 fully saturated rings. The van der Waals surface area contributed by atoms with Crippen molar-refractivity contribution in [1.82, 2.24) is 4.31 Å². The summed E-state index contributed by atoms with van der Waals surface area (Å²) in [5, 5.41) is 0. The Bertz CT molecular complexity index is 804. The fraction of sp³-hybridized carbons (Fsp3) is 0.625. The molecule has 0 unspecified atom stereocenters. The molecule has 0 aliphatic carbocycles. The number of methoxy groups -OCH3 is 2. The van der Waals surface area contributed by atoms with Gasteiger partial charge in [0.25, 0.3) is 0 Å². The molecule has 1 aliphatic rings. The minimum atomic E-state index is -3.83. The van der Waals surface area contributed by atoms with E-state index in [-0.39, 0.29) is 16.4 Å². The Morgan fingerprint density at radius 2 is 1.88 bits per heavy atom. The molecule has 25 heavy (non-hydrogen) atoms. The fourth-order valence-electron chi connectivity index (χ4n) is 2.93. The van der Waals surface area contributed by atoms with Gasteiger partial charge in [0.2, 0.25) is 10.0 Å². The van der Waals surface area contributed by atoms with Crippen molar-refractivity contribution in [2.75, 3.05) is 32.3 Å². The van der Waals surface area contributed by atoms with Gasteiger partial charge in [-0.3, -0.25) is 0 Å². The van der Waals surface area contributed by atoms with Gasteiger partial charge in [-0.05, 0) is 25.0 Å². The van der Waals surface area contributed by atoms with E-state index in [0.29, 0.717) is 30.9 Å². The first kappa shape index (κ1) is 20.0. The van der Waals surface area contributed by atoms with Crippen LogP contribution >= 0.6 is 0 Å². The summed E-state index contributed by atoms with van der Waals surface area (Å²) < 4.78 is 61.6. The molecule has 0 amide bonds. The summed E-state index contributed by atoms with van der Waals surface area (Å²) >= 11 is 0. The second-order valence-electron chi connectivity index (χ2n) is 6.04. The van der Waals surface area contributed by atoms with Crippen LogP contribution in [0, 0.1) is 0 Å². The molecule has 0 bridgehead atoms. The van der Waals surface area contributed by atoms with E-state index in [4.69, 9.17) is 9.47 Å². The zero-order chi connectivity index (χ0) is 18.7. The average molecular weight is 392 g/mol. The van der Waals surface area contributed by atoms with E-state index < -0.39 is 25.9 Å². The molecule has 2 rings (SSSR count). The van der Waals surface area contributed by atoms with E-state index in [1.54, 1.807) is 0 Å². The number of hydrogen-bond acceptors (Lipinski definition) is 6. The molecule has 142 valence electrons. The maximum Gasteiger partial charge on any atom is 0.243 e. The van der Waals surface area contributed by atoms with Gasteiger partial charge in [0.05, 0.1) is 30.6 Å². The van der Waals surface area contributed by atoms with Crippen LogP contribution in [0.4, 0.5) is 0 Å². The summed E-state index contributed by atoms with van der Waals surface area (Å²) in [5.41, 5.74) is 0. The first-order chi connectivity index (χ1) is 11.7. The molecule has 0 saturated carbocycles. The highest BCUT2D eigenvalue weighted by Crippen LogP contribution is 2.32. The van der Waals surface area contributed by atoms with Crippen LogP contribution in [0.1, 0.15) is 26.2 Å². The number of unbranched alkanes of at least 4 members (excludes halogenated alkanes) is 1. The highest BCUT2D eigenvalue weighted by atomic mass is 32.2. The molecular weight excluding hydrogens is 366 g/mol. The van der Waals surface area contributed by atoms with Gasteiger partial charge in [0, 0.05) is 18.7 Å². The number of sulfone groups is 1. The van der Waals surface area contributed by atoms with E-state index >= 15 is 0 Å². The highest BCUT2D eigenvalue weighted by molar-refractivity contribution is 7.92. The molecule has 7 nitrogen and oxygen atoms in total. The number of rotatable bonds is 8. The summed E-state index contributed by atoms with van der Waals surface area (Å²) in [6.45, 7) is 2.26. The standard InChI is InChI=1S/C16H25NO6S2/c1-4-5-9-17(13-8-10-24(18,19)12-13)25(20,21)14-6-7-15(22-2)16(11-14)23-3/h6-7,11,13H,4-5,8-10,12H2,1-3H3/t13-/m0/s1. The third-order valence-corrected chi connectivity index (χ3v) is 8.01. The molecule has 1 aliphatic heterocycles. The molecule has 0 N–H and O–H groups in total. The third-order valence-electron chi connectivity index (χ3n) is 4.31. The Morgan fingerprint density at radius 1 is 1.20 bits per heavy atom. The highest BCUT2D eigenvalue weighted by Gasteiger charge is 2.38. The lowest BCUT2D eigenvalue weighted by Crippen LogP contribution is -2.41. The zero-order valence-corrected chi connectivity index (χ0v) is 16.4. The first-order valence-electron chi connectivity index (χ1n) is 8.19. The van der Waals surface area contributed by atoms with Crippen LogP contribution in [0.15, 0.2) is 23.1 Å². The van der Waals surface area contributed by atoms with Crippen molar-refractivity contribution < 1.29 is 26.3 Å². The lowest BCUT2D eigenvalue weighted by molar-refractivity contribution is 0.333. The van der Waals surface area contributed by atoms with E-state index in [0.717, 1.165) is 6.42 Å². The van der Waals surface area contributed by atoms with Gasteiger partial charge >= 0.3 is 0 Å². The lowest BCUT2D eigenvalue weighted by Gasteiger charge is -2.27. The summed E-state index contributed by atoms with van der Waals surface area (Å²) in [7, 11) is -4.10. The number of ether oxygens (including phenoxy) is 2. The summed E-state index contributed by atoms with van der Waals surface area (Å²) in [4.78, 5) is 0.0746. The minimum absolute atomic E-state index is 0.0295. The molecule has 1 atom stereocenters. The fourth-order valence-corrected chi connectivity index (χ4v) is 6.46. The van der Waals surface area contributed by atoms with Gasteiger partial charge in [0.15, 0.2) is 21.3 Å². The Hall–Kier alpha value is -1.32. The predicted molar refractivity (Wildman–Crippen MR) is 95.4 cm³/mol. The predicted octanol–water partition coefficient (Wildman–Crippen LogP) is 1.68. The van der Waals surface area contributed by atoms with Crippen molar-refractivity contribution in [2.45, 2.75) is 37.1 Å². The minimum Gasteiger partial charge on any atom is -0.493 e. The maximum atomic E-state index is 13.1. The monoisotopic (exact) mass is 391 g/mol. The van der Waals surface area contributed by atoms with Crippen molar-refractivity contribution in [3.8, 4) is 11.5 Å². The summed E-state index contributed by atoms with van der Waals surface area (Å²) in [5.74, 6) is 0.661. The first-order valence-corrected chi connectivity index (χ1v) is 11.5. The molecule has 1 aromatic rings. The topological polar surface area (TPSA) is 90.0 Å². The van der Waals surface area contributed by atoms with E-state index in [1.165, 1.54) is 36.7 Å². The van der Waals surface area contributed by atoms with Crippen LogP contribution in [-0.4, -0.2) is 59.5 Å². The van der Waals surface area contributed by atoms with Crippen molar-refractivity contribution >= 4 is 19.9 Å². The Balaban J connectivity index is 2.41. The number of hydrogen-bond donors (Lipinski definition) is 0. The Kier molecular flexibility index (Phi) is 6.34. The molecule has 9 heteroatoms. The normalized spacial score (nSPS) is 19.9. The quantitative estimate of drug-likeness (QED) is 0.670. The number of nitrogens with zero attached hydrogens (tertiary/aromatic N) is 1. The molecule has 1 heterocycles. The van der Waals surface area contributed by atoms with E-state index in [2.05, 4.69) is 0 Å². The smallest absolute Gasteiger partial charge is 0.243 e. The SMILES string of the molecule is CCCCN([C@H]1CCS(=O)(=O)C1)S(=O)(=O)c1ccc(OC)c(OC)c1. The number of benzene rings is 1. The van der Waals surface area contributed by atoms with Crippen LogP contribution in [0.2, 0.25) is 0 Å². The second-order valence-corrected chi connectivity index (χ2v) is 10.2. The van der Waals surface area contributed by atoms with Gasteiger partial charge in [-0.25, -0.2) is 16.8 Å². The second kappa shape index (κ2) is 7.92. The molecule has 1 saturated heterocycles. The van der Waals surface area contributed by atoms with Crippen molar-refractivity contribution in [3.05, 3.63) is 18.2 Å². The summed E-state index contributed by atoms with van der Waals surface area (Å²) in [6.07, 6.45) is 1.82. The van der Waals surface area contributed by atoms with Crippen LogP contribution in [0.3, 0.4) is 0 Å². The van der Waals surface area contributed by atoms with Crippen LogP contribution < -0.4 is 9.47 Å². The van der Waals surface area contributed by atoms with Crippen LogP contribution in [0.25, 0.3) is 0 Å². The average Bonchev–Trinajstić information content (AvgIpc) is 2.93. The van der Waals surface area contributed by atoms with E-state index in [1.807, 2.05) is 6.92 Å². The number of sulfonamides is 1. The third kappa shape index (κ3) is 4.45. The van der Waals surface area contributed by atoms with Crippen molar-refractivity contribution in [3.63, 3.8) is 0 Å². The largest absolute Gasteiger partial charge is 0.493 e. The van der Waals surface area contributed by atoms with Gasteiger partial charge in [-0.15, -0.1) is 0 Å². The lowest BCUT2D eigenvalue weighted by atomic mass is 10.2. The van der Waals surface area contributed by atoms with Gasteiger partial charge in [-0.2, -0.15) is 4.31 Å².